The number of fused-ring (bicyclic) bond motifs is 1. The molecule has 1 unspecified atom stereocenters. The second kappa shape index (κ2) is 5.39. The summed E-state index contributed by atoms with van der Waals surface area (Å²) >= 11 is 0. The standard InChI is InChI=1S/C17H21NO2/c1-2-17(20)18(12-7-3-4-8-12)15-11-16(19)14-10-6-5-9-13(14)15/h5-6,9-10,12,15H,2-4,7-8,11H2,1H3. The number of hydrogen-bond acceptors (Lipinski definition) is 2. The van der Waals surface area contributed by atoms with Gasteiger partial charge in [0.15, 0.2) is 5.78 Å². The van der Waals surface area contributed by atoms with E-state index < -0.39 is 0 Å². The molecule has 1 aromatic rings. The topological polar surface area (TPSA) is 37.4 Å². The molecular weight excluding hydrogens is 250 g/mol. The van der Waals surface area contributed by atoms with Crippen molar-refractivity contribution in [2.24, 2.45) is 0 Å². The van der Waals surface area contributed by atoms with Gasteiger partial charge in [0, 0.05) is 24.4 Å². The van der Waals surface area contributed by atoms with Crippen LogP contribution in [0.4, 0.5) is 0 Å². The highest BCUT2D eigenvalue weighted by atomic mass is 16.2. The summed E-state index contributed by atoms with van der Waals surface area (Å²) in [4.78, 5) is 26.6. The maximum atomic E-state index is 12.4. The van der Waals surface area contributed by atoms with Gasteiger partial charge < -0.3 is 4.90 Å². The van der Waals surface area contributed by atoms with Crippen LogP contribution in [0.15, 0.2) is 24.3 Å². The smallest absolute Gasteiger partial charge is 0.223 e. The normalized spacial score (nSPS) is 22.1. The SMILES string of the molecule is CCC(=O)N(C1CCCC1)C1CC(=O)c2ccccc21. The zero-order valence-corrected chi connectivity index (χ0v) is 12.0. The van der Waals surface area contributed by atoms with Crippen molar-refractivity contribution in [2.75, 3.05) is 0 Å². The second-order valence-corrected chi connectivity index (χ2v) is 5.82. The average Bonchev–Trinajstić information content (AvgIpc) is 3.09. The van der Waals surface area contributed by atoms with E-state index in [0.29, 0.717) is 18.9 Å². The lowest BCUT2D eigenvalue weighted by Gasteiger charge is -2.34. The summed E-state index contributed by atoms with van der Waals surface area (Å²) in [6.07, 6.45) is 5.53. The molecule has 0 saturated heterocycles. The summed E-state index contributed by atoms with van der Waals surface area (Å²) in [5, 5.41) is 0. The highest BCUT2D eigenvalue weighted by molar-refractivity contribution is 6.01. The Bertz CT molecular complexity index is 532. The fourth-order valence-electron chi connectivity index (χ4n) is 3.68. The van der Waals surface area contributed by atoms with Gasteiger partial charge in [-0.15, -0.1) is 0 Å². The Kier molecular flexibility index (Phi) is 3.60. The summed E-state index contributed by atoms with van der Waals surface area (Å²) < 4.78 is 0. The average molecular weight is 271 g/mol. The summed E-state index contributed by atoms with van der Waals surface area (Å²) in [6, 6.07) is 8.06. The van der Waals surface area contributed by atoms with Crippen LogP contribution in [-0.2, 0) is 4.79 Å². The van der Waals surface area contributed by atoms with Gasteiger partial charge in [-0.3, -0.25) is 9.59 Å². The van der Waals surface area contributed by atoms with Crippen molar-refractivity contribution >= 4 is 11.7 Å². The molecule has 1 saturated carbocycles. The molecule has 0 heterocycles. The number of carbonyl (C=O) groups excluding carboxylic acids is 2. The molecule has 3 nitrogen and oxygen atoms in total. The van der Waals surface area contributed by atoms with Gasteiger partial charge in [0.2, 0.25) is 5.91 Å². The molecule has 0 aliphatic heterocycles. The van der Waals surface area contributed by atoms with Gasteiger partial charge in [-0.2, -0.15) is 0 Å². The van der Waals surface area contributed by atoms with Crippen molar-refractivity contribution in [3.05, 3.63) is 35.4 Å². The highest BCUT2D eigenvalue weighted by Crippen LogP contribution is 2.39. The molecular formula is C17H21NO2. The monoisotopic (exact) mass is 271 g/mol. The van der Waals surface area contributed by atoms with Crippen LogP contribution in [0.25, 0.3) is 0 Å². The van der Waals surface area contributed by atoms with E-state index in [1.54, 1.807) is 0 Å². The lowest BCUT2D eigenvalue weighted by molar-refractivity contribution is -0.135. The van der Waals surface area contributed by atoms with Crippen LogP contribution in [0.1, 0.15) is 67.4 Å². The van der Waals surface area contributed by atoms with Gasteiger partial charge in [-0.1, -0.05) is 44.0 Å². The molecule has 1 fully saturated rings. The maximum absolute atomic E-state index is 12.4. The minimum absolute atomic E-state index is 0.0331. The lowest BCUT2D eigenvalue weighted by Crippen LogP contribution is -2.40. The third kappa shape index (κ3) is 2.15. The number of amides is 1. The molecule has 2 aliphatic carbocycles. The zero-order valence-electron chi connectivity index (χ0n) is 12.0. The molecule has 0 bridgehead atoms. The van der Waals surface area contributed by atoms with Crippen LogP contribution < -0.4 is 0 Å². The number of rotatable bonds is 3. The zero-order chi connectivity index (χ0) is 14.1. The van der Waals surface area contributed by atoms with Crippen molar-refractivity contribution in [3.63, 3.8) is 0 Å². The molecule has 3 rings (SSSR count). The molecule has 20 heavy (non-hydrogen) atoms. The van der Waals surface area contributed by atoms with Crippen molar-refractivity contribution in [1.82, 2.24) is 4.90 Å². The van der Waals surface area contributed by atoms with Crippen LogP contribution in [-0.4, -0.2) is 22.6 Å². The van der Waals surface area contributed by atoms with E-state index in [0.717, 1.165) is 24.0 Å². The van der Waals surface area contributed by atoms with Crippen LogP contribution >= 0.6 is 0 Å². The minimum atomic E-state index is -0.0331. The van der Waals surface area contributed by atoms with Crippen LogP contribution in [0.3, 0.4) is 0 Å². The van der Waals surface area contributed by atoms with E-state index >= 15 is 0 Å². The Morgan fingerprint density at radius 2 is 1.95 bits per heavy atom. The van der Waals surface area contributed by atoms with Gasteiger partial charge in [-0.05, 0) is 18.4 Å². The Labute approximate surface area is 120 Å². The van der Waals surface area contributed by atoms with Gasteiger partial charge in [0.1, 0.15) is 0 Å². The molecule has 3 heteroatoms. The maximum Gasteiger partial charge on any atom is 0.223 e. The van der Waals surface area contributed by atoms with Crippen molar-refractivity contribution in [2.45, 2.75) is 57.5 Å². The van der Waals surface area contributed by atoms with Gasteiger partial charge >= 0.3 is 0 Å². The van der Waals surface area contributed by atoms with E-state index in [9.17, 15) is 9.59 Å². The predicted octanol–water partition coefficient (Wildman–Crippen LogP) is 3.50. The van der Waals surface area contributed by atoms with Crippen molar-refractivity contribution < 1.29 is 9.59 Å². The first-order chi connectivity index (χ1) is 9.72. The molecule has 106 valence electrons. The molecule has 0 spiro atoms. The number of ketones is 1. The van der Waals surface area contributed by atoms with Crippen molar-refractivity contribution in [1.29, 1.82) is 0 Å². The van der Waals surface area contributed by atoms with Crippen LogP contribution in [0.2, 0.25) is 0 Å². The van der Waals surface area contributed by atoms with Crippen LogP contribution in [0.5, 0.6) is 0 Å². The lowest BCUT2D eigenvalue weighted by atomic mass is 10.0. The third-order valence-corrected chi connectivity index (χ3v) is 4.64. The quantitative estimate of drug-likeness (QED) is 0.843. The molecule has 0 aromatic heterocycles. The van der Waals surface area contributed by atoms with E-state index in [1.165, 1.54) is 12.8 Å². The molecule has 0 radical (unpaired) electrons. The fraction of sp³-hybridized carbons (Fsp3) is 0.529. The molecule has 1 aromatic carbocycles. The Balaban J connectivity index is 1.96. The molecule has 0 N–H and O–H groups in total. The number of hydrogen-bond donors (Lipinski definition) is 0. The second-order valence-electron chi connectivity index (χ2n) is 5.82. The van der Waals surface area contributed by atoms with E-state index in [4.69, 9.17) is 0 Å². The summed E-state index contributed by atoms with van der Waals surface area (Å²) in [7, 11) is 0. The number of benzene rings is 1. The third-order valence-electron chi connectivity index (χ3n) is 4.64. The van der Waals surface area contributed by atoms with E-state index in [1.807, 2.05) is 36.1 Å². The van der Waals surface area contributed by atoms with E-state index in [2.05, 4.69) is 0 Å². The Morgan fingerprint density at radius 1 is 1.25 bits per heavy atom. The summed E-state index contributed by atoms with van der Waals surface area (Å²) in [6.45, 7) is 1.91. The minimum Gasteiger partial charge on any atom is -0.332 e. The first-order valence-corrected chi connectivity index (χ1v) is 7.65. The van der Waals surface area contributed by atoms with Crippen LogP contribution in [0, 0.1) is 0 Å². The molecule has 2 aliphatic rings. The first kappa shape index (κ1) is 13.3. The van der Waals surface area contributed by atoms with Gasteiger partial charge in [-0.25, -0.2) is 0 Å². The fourth-order valence-corrected chi connectivity index (χ4v) is 3.68. The van der Waals surface area contributed by atoms with Gasteiger partial charge in [0.25, 0.3) is 0 Å². The number of Topliss-reactive ketones (excluding diaryl/α,β-unsaturated/α-hetero) is 1. The summed E-state index contributed by atoms with van der Waals surface area (Å²) in [5.74, 6) is 0.365. The van der Waals surface area contributed by atoms with E-state index in [-0.39, 0.29) is 17.7 Å². The molecule has 1 amide bonds. The largest absolute Gasteiger partial charge is 0.332 e. The number of nitrogens with zero attached hydrogens (tertiary/aromatic N) is 1. The predicted molar refractivity (Wildman–Crippen MR) is 77.5 cm³/mol. The number of carbonyl (C=O) groups is 2. The first-order valence-electron chi connectivity index (χ1n) is 7.65. The van der Waals surface area contributed by atoms with Crippen molar-refractivity contribution in [3.8, 4) is 0 Å². The Hall–Kier alpha value is -1.64. The summed E-state index contributed by atoms with van der Waals surface area (Å²) in [5.41, 5.74) is 1.86. The Morgan fingerprint density at radius 3 is 2.65 bits per heavy atom. The highest BCUT2D eigenvalue weighted by Gasteiger charge is 2.38. The molecule has 1 atom stereocenters. The van der Waals surface area contributed by atoms with Gasteiger partial charge in [0.05, 0.1) is 6.04 Å².